The topological polar surface area (TPSA) is 95.5 Å². The van der Waals surface area contributed by atoms with Crippen LogP contribution in [0.25, 0.3) is 10.8 Å². The molecule has 0 saturated carbocycles. The van der Waals surface area contributed by atoms with Gasteiger partial charge < -0.3 is 0 Å². The highest BCUT2D eigenvalue weighted by molar-refractivity contribution is 7.88. The highest BCUT2D eigenvalue weighted by atomic mass is 32.2. The van der Waals surface area contributed by atoms with Crippen LogP contribution in [0.5, 0.6) is 0 Å². The predicted octanol–water partition coefficient (Wildman–Crippen LogP) is 1.15. The maximum Gasteiger partial charge on any atom is 0.261 e. The third-order valence-corrected chi connectivity index (χ3v) is 4.46. The van der Waals surface area contributed by atoms with Crippen molar-refractivity contribution in [1.82, 2.24) is 10.2 Å². The SMILES string of the molecule is C[C@@H](NS(=O)(=O)Cc1ccc2ccccc2c1)C(=O)NO. The molecule has 0 fully saturated rings. The van der Waals surface area contributed by atoms with Crippen molar-refractivity contribution >= 4 is 26.7 Å². The molecule has 0 heterocycles. The van der Waals surface area contributed by atoms with Gasteiger partial charge in [0.2, 0.25) is 10.0 Å². The van der Waals surface area contributed by atoms with E-state index >= 15 is 0 Å². The Morgan fingerprint density at radius 2 is 1.86 bits per heavy atom. The summed E-state index contributed by atoms with van der Waals surface area (Å²) >= 11 is 0. The van der Waals surface area contributed by atoms with Crippen LogP contribution in [-0.2, 0) is 20.6 Å². The summed E-state index contributed by atoms with van der Waals surface area (Å²) in [4.78, 5) is 11.1. The molecule has 0 aromatic heterocycles. The lowest BCUT2D eigenvalue weighted by molar-refractivity contribution is -0.130. The summed E-state index contributed by atoms with van der Waals surface area (Å²) in [5.41, 5.74) is 2.03. The van der Waals surface area contributed by atoms with Gasteiger partial charge in [-0.05, 0) is 23.3 Å². The Hall–Kier alpha value is -1.96. The minimum Gasteiger partial charge on any atom is -0.289 e. The van der Waals surface area contributed by atoms with E-state index in [1.807, 2.05) is 30.3 Å². The molecule has 2 aromatic carbocycles. The van der Waals surface area contributed by atoms with Gasteiger partial charge in [0.1, 0.15) is 0 Å². The zero-order valence-electron chi connectivity index (χ0n) is 11.4. The van der Waals surface area contributed by atoms with Crippen LogP contribution in [0.3, 0.4) is 0 Å². The van der Waals surface area contributed by atoms with Crippen LogP contribution in [0.4, 0.5) is 0 Å². The minimum absolute atomic E-state index is 0.235. The Kier molecular flexibility index (Phi) is 4.56. The Morgan fingerprint density at radius 1 is 1.19 bits per heavy atom. The largest absolute Gasteiger partial charge is 0.289 e. The van der Waals surface area contributed by atoms with Crippen LogP contribution in [0, 0.1) is 0 Å². The Balaban J connectivity index is 2.16. The third-order valence-electron chi connectivity index (χ3n) is 3.03. The van der Waals surface area contributed by atoms with Gasteiger partial charge in [0.05, 0.1) is 11.8 Å². The first-order valence-corrected chi connectivity index (χ1v) is 7.98. The fourth-order valence-corrected chi connectivity index (χ4v) is 3.36. The summed E-state index contributed by atoms with van der Waals surface area (Å²) in [5, 5.41) is 10.5. The van der Waals surface area contributed by atoms with Gasteiger partial charge >= 0.3 is 0 Å². The Morgan fingerprint density at radius 3 is 2.52 bits per heavy atom. The summed E-state index contributed by atoms with van der Waals surface area (Å²) in [6.07, 6.45) is 0. The van der Waals surface area contributed by atoms with E-state index in [0.29, 0.717) is 5.56 Å². The molecule has 0 aliphatic rings. The van der Waals surface area contributed by atoms with E-state index in [-0.39, 0.29) is 5.75 Å². The van der Waals surface area contributed by atoms with Crippen molar-refractivity contribution in [2.45, 2.75) is 18.7 Å². The molecule has 0 aliphatic heterocycles. The average molecular weight is 308 g/mol. The van der Waals surface area contributed by atoms with Crippen molar-refractivity contribution in [1.29, 1.82) is 0 Å². The number of hydroxylamine groups is 1. The number of carbonyl (C=O) groups excluding carboxylic acids is 1. The normalized spacial score (nSPS) is 13.0. The van der Waals surface area contributed by atoms with Crippen molar-refractivity contribution in [3.63, 3.8) is 0 Å². The fraction of sp³-hybridized carbons (Fsp3) is 0.214. The van der Waals surface area contributed by atoms with Gasteiger partial charge in [0, 0.05) is 0 Å². The quantitative estimate of drug-likeness (QED) is 0.570. The molecule has 112 valence electrons. The van der Waals surface area contributed by atoms with Crippen molar-refractivity contribution in [3.05, 3.63) is 48.0 Å². The molecular weight excluding hydrogens is 292 g/mol. The molecular formula is C14H16N2O4S. The van der Waals surface area contributed by atoms with E-state index in [4.69, 9.17) is 5.21 Å². The third kappa shape index (κ3) is 4.01. The first kappa shape index (κ1) is 15.4. The molecule has 6 nitrogen and oxygen atoms in total. The molecule has 0 unspecified atom stereocenters. The molecule has 1 atom stereocenters. The number of nitrogens with one attached hydrogen (secondary N) is 2. The summed E-state index contributed by atoms with van der Waals surface area (Å²) in [7, 11) is -3.68. The zero-order chi connectivity index (χ0) is 15.5. The molecule has 0 bridgehead atoms. The molecule has 1 amide bonds. The van der Waals surface area contributed by atoms with E-state index < -0.39 is 22.0 Å². The van der Waals surface area contributed by atoms with Gasteiger partial charge in [-0.1, -0.05) is 42.5 Å². The molecule has 0 spiro atoms. The van der Waals surface area contributed by atoms with Crippen molar-refractivity contribution < 1.29 is 18.4 Å². The van der Waals surface area contributed by atoms with Gasteiger partial charge in [-0.3, -0.25) is 10.0 Å². The second-order valence-corrected chi connectivity index (χ2v) is 6.51. The van der Waals surface area contributed by atoms with Crippen LogP contribution in [0.15, 0.2) is 42.5 Å². The van der Waals surface area contributed by atoms with Crippen LogP contribution in [0.1, 0.15) is 12.5 Å². The molecule has 21 heavy (non-hydrogen) atoms. The van der Waals surface area contributed by atoms with Gasteiger partial charge in [0.25, 0.3) is 5.91 Å². The van der Waals surface area contributed by atoms with E-state index in [9.17, 15) is 13.2 Å². The van der Waals surface area contributed by atoms with E-state index in [1.165, 1.54) is 12.4 Å². The van der Waals surface area contributed by atoms with Crippen molar-refractivity contribution in [2.24, 2.45) is 0 Å². The Bertz CT molecular complexity index is 758. The predicted molar refractivity (Wildman–Crippen MR) is 79.1 cm³/mol. The first-order chi connectivity index (χ1) is 9.91. The van der Waals surface area contributed by atoms with Gasteiger partial charge in [-0.25, -0.2) is 18.6 Å². The molecule has 0 aliphatic carbocycles. The summed E-state index contributed by atoms with van der Waals surface area (Å²) in [6.45, 7) is 1.35. The van der Waals surface area contributed by atoms with Crippen LogP contribution >= 0.6 is 0 Å². The number of hydrogen-bond donors (Lipinski definition) is 3. The van der Waals surface area contributed by atoms with Crippen molar-refractivity contribution in [3.8, 4) is 0 Å². The summed E-state index contributed by atoms with van der Waals surface area (Å²) in [5.74, 6) is -1.04. The van der Waals surface area contributed by atoms with Crippen molar-refractivity contribution in [2.75, 3.05) is 0 Å². The number of amides is 1. The maximum atomic E-state index is 12.0. The van der Waals surface area contributed by atoms with Gasteiger partial charge in [-0.2, -0.15) is 0 Å². The lowest BCUT2D eigenvalue weighted by atomic mass is 10.1. The van der Waals surface area contributed by atoms with Gasteiger partial charge in [-0.15, -0.1) is 0 Å². The van der Waals surface area contributed by atoms with Crippen LogP contribution in [-0.4, -0.2) is 25.6 Å². The highest BCUT2D eigenvalue weighted by Gasteiger charge is 2.20. The van der Waals surface area contributed by atoms with E-state index in [1.54, 1.807) is 12.1 Å². The monoisotopic (exact) mass is 308 g/mol. The average Bonchev–Trinajstić information content (AvgIpc) is 2.45. The fourth-order valence-electron chi connectivity index (χ4n) is 2.01. The number of fused-ring (bicyclic) bond motifs is 1. The molecule has 0 saturated heterocycles. The smallest absolute Gasteiger partial charge is 0.261 e. The second-order valence-electron chi connectivity index (χ2n) is 4.76. The van der Waals surface area contributed by atoms with Crippen LogP contribution < -0.4 is 10.2 Å². The molecule has 3 N–H and O–H groups in total. The number of sulfonamides is 1. The van der Waals surface area contributed by atoms with E-state index in [2.05, 4.69) is 4.72 Å². The molecule has 0 radical (unpaired) electrons. The molecule has 7 heteroatoms. The number of rotatable bonds is 5. The zero-order valence-corrected chi connectivity index (χ0v) is 12.2. The second kappa shape index (κ2) is 6.21. The number of hydrogen-bond acceptors (Lipinski definition) is 4. The first-order valence-electron chi connectivity index (χ1n) is 6.33. The lowest BCUT2D eigenvalue weighted by Crippen LogP contribution is -2.44. The maximum absolute atomic E-state index is 12.0. The standard InChI is InChI=1S/C14H16N2O4S/c1-10(14(17)15-18)16-21(19,20)9-11-6-7-12-4-2-3-5-13(12)8-11/h2-8,10,16,18H,9H2,1H3,(H,15,17)/t10-/m1/s1. The Labute approximate surface area is 122 Å². The lowest BCUT2D eigenvalue weighted by Gasteiger charge is -2.12. The highest BCUT2D eigenvalue weighted by Crippen LogP contribution is 2.17. The number of carbonyl (C=O) groups is 1. The summed E-state index contributed by atoms with van der Waals surface area (Å²) < 4.78 is 26.2. The number of benzene rings is 2. The summed E-state index contributed by atoms with van der Waals surface area (Å²) in [6, 6.07) is 12.0. The van der Waals surface area contributed by atoms with Gasteiger partial charge in [0.15, 0.2) is 0 Å². The van der Waals surface area contributed by atoms with Crippen LogP contribution in [0.2, 0.25) is 0 Å². The minimum atomic E-state index is -3.68. The van der Waals surface area contributed by atoms with E-state index in [0.717, 1.165) is 10.8 Å². The molecule has 2 aromatic rings. The molecule has 2 rings (SSSR count).